The topological polar surface area (TPSA) is 90.9 Å². The van der Waals surface area contributed by atoms with Gasteiger partial charge in [0, 0.05) is 32.8 Å². The lowest BCUT2D eigenvalue weighted by Crippen LogP contribution is -2.53. The van der Waals surface area contributed by atoms with E-state index >= 15 is 0 Å². The van der Waals surface area contributed by atoms with Crippen LogP contribution in [0.1, 0.15) is 32.1 Å². The number of hydrogen-bond donors (Lipinski definition) is 3. The summed E-state index contributed by atoms with van der Waals surface area (Å²) < 4.78 is 5.20. The monoisotopic (exact) mass is 285 g/mol. The normalized spacial score (nSPS) is 23.0. The summed E-state index contributed by atoms with van der Waals surface area (Å²) in [7, 11) is 0. The molecule has 7 nitrogen and oxygen atoms in total. The van der Waals surface area contributed by atoms with Crippen molar-refractivity contribution < 1.29 is 19.4 Å². The Hall–Kier alpha value is -1.34. The van der Waals surface area contributed by atoms with Gasteiger partial charge in [0.1, 0.15) is 0 Å². The van der Waals surface area contributed by atoms with Gasteiger partial charge in [0.2, 0.25) is 0 Å². The highest BCUT2D eigenvalue weighted by Gasteiger charge is 2.40. The summed E-state index contributed by atoms with van der Waals surface area (Å²) >= 11 is 0. The SMILES string of the molecule is O=C(NCC1(C(=O)O)CCOCC1)NN1CCCCC1. The molecule has 114 valence electrons. The summed E-state index contributed by atoms with van der Waals surface area (Å²) in [5.41, 5.74) is 1.88. The number of nitrogens with zero attached hydrogens (tertiary/aromatic N) is 1. The molecule has 2 saturated heterocycles. The molecule has 0 aromatic heterocycles. The lowest BCUT2D eigenvalue weighted by molar-refractivity contribution is -0.154. The third-order valence-electron chi connectivity index (χ3n) is 4.11. The van der Waals surface area contributed by atoms with Gasteiger partial charge in [-0.25, -0.2) is 9.80 Å². The first-order valence-corrected chi connectivity index (χ1v) is 7.23. The Bertz CT molecular complexity index is 350. The van der Waals surface area contributed by atoms with E-state index in [9.17, 15) is 14.7 Å². The Morgan fingerprint density at radius 3 is 2.40 bits per heavy atom. The number of carbonyl (C=O) groups is 2. The van der Waals surface area contributed by atoms with Crippen molar-refractivity contribution in [2.75, 3.05) is 32.8 Å². The molecule has 2 rings (SSSR count). The van der Waals surface area contributed by atoms with Crippen LogP contribution in [0.15, 0.2) is 0 Å². The molecule has 0 aliphatic carbocycles. The zero-order chi connectivity index (χ0) is 14.4. The first kappa shape index (κ1) is 15.1. The summed E-state index contributed by atoms with van der Waals surface area (Å²) in [6, 6.07) is -0.320. The molecule has 2 heterocycles. The van der Waals surface area contributed by atoms with Crippen LogP contribution in [0.3, 0.4) is 0 Å². The largest absolute Gasteiger partial charge is 0.481 e. The summed E-state index contributed by atoms with van der Waals surface area (Å²) in [6.07, 6.45) is 4.23. The van der Waals surface area contributed by atoms with E-state index in [0.717, 1.165) is 25.9 Å². The number of ether oxygens (including phenoxy) is 1. The van der Waals surface area contributed by atoms with Crippen molar-refractivity contribution in [3.05, 3.63) is 0 Å². The van der Waals surface area contributed by atoms with Crippen LogP contribution in [0.25, 0.3) is 0 Å². The van der Waals surface area contributed by atoms with Gasteiger partial charge in [-0.1, -0.05) is 6.42 Å². The van der Waals surface area contributed by atoms with E-state index in [0.29, 0.717) is 26.1 Å². The third kappa shape index (κ3) is 3.83. The molecule has 0 aromatic carbocycles. The number of carboxylic acids is 1. The Morgan fingerprint density at radius 2 is 1.80 bits per heavy atom. The highest BCUT2D eigenvalue weighted by molar-refractivity contribution is 5.78. The Labute approximate surface area is 118 Å². The maximum absolute atomic E-state index is 11.8. The molecule has 0 spiro atoms. The highest BCUT2D eigenvalue weighted by atomic mass is 16.5. The Morgan fingerprint density at radius 1 is 1.15 bits per heavy atom. The van der Waals surface area contributed by atoms with E-state index in [4.69, 9.17) is 4.74 Å². The number of amides is 2. The number of piperidine rings is 1. The lowest BCUT2D eigenvalue weighted by atomic mass is 9.80. The van der Waals surface area contributed by atoms with Gasteiger partial charge in [0.05, 0.1) is 5.41 Å². The van der Waals surface area contributed by atoms with Crippen LogP contribution in [-0.2, 0) is 9.53 Å². The van der Waals surface area contributed by atoms with Crippen molar-refractivity contribution in [2.24, 2.45) is 5.41 Å². The van der Waals surface area contributed by atoms with E-state index in [1.165, 1.54) is 6.42 Å². The van der Waals surface area contributed by atoms with Gasteiger partial charge >= 0.3 is 12.0 Å². The van der Waals surface area contributed by atoms with Crippen LogP contribution in [0.4, 0.5) is 4.79 Å². The first-order chi connectivity index (χ1) is 9.62. The molecule has 0 aromatic rings. The molecule has 0 radical (unpaired) electrons. The van der Waals surface area contributed by atoms with E-state index in [2.05, 4.69) is 10.7 Å². The number of carbonyl (C=O) groups excluding carboxylic acids is 1. The fraction of sp³-hybridized carbons (Fsp3) is 0.846. The number of aliphatic carboxylic acids is 1. The van der Waals surface area contributed by atoms with Gasteiger partial charge in [0.15, 0.2) is 0 Å². The van der Waals surface area contributed by atoms with Crippen LogP contribution < -0.4 is 10.7 Å². The molecular weight excluding hydrogens is 262 g/mol. The van der Waals surface area contributed by atoms with Crippen molar-refractivity contribution in [3.63, 3.8) is 0 Å². The second-order valence-corrected chi connectivity index (χ2v) is 5.54. The molecule has 2 amide bonds. The lowest BCUT2D eigenvalue weighted by Gasteiger charge is -2.33. The van der Waals surface area contributed by atoms with Crippen molar-refractivity contribution in [1.29, 1.82) is 0 Å². The molecule has 0 bridgehead atoms. The average molecular weight is 285 g/mol. The van der Waals surface area contributed by atoms with E-state index in [1.807, 2.05) is 5.01 Å². The molecular formula is C13H23N3O4. The number of hydrazine groups is 1. The summed E-state index contributed by atoms with van der Waals surface area (Å²) in [6.45, 7) is 2.71. The summed E-state index contributed by atoms with van der Waals surface area (Å²) in [5, 5.41) is 14.0. The zero-order valence-electron chi connectivity index (χ0n) is 11.7. The molecule has 2 fully saturated rings. The van der Waals surface area contributed by atoms with Crippen molar-refractivity contribution in [3.8, 4) is 0 Å². The molecule has 20 heavy (non-hydrogen) atoms. The standard InChI is InChI=1S/C13H23N3O4/c17-11(18)13(4-8-20-9-5-13)10-14-12(19)15-16-6-2-1-3-7-16/h1-10H2,(H,17,18)(H2,14,15,19). The molecule has 0 atom stereocenters. The van der Waals surface area contributed by atoms with Crippen molar-refractivity contribution in [2.45, 2.75) is 32.1 Å². The number of nitrogens with one attached hydrogen (secondary N) is 2. The third-order valence-corrected chi connectivity index (χ3v) is 4.11. The number of carboxylic acid groups (broad SMARTS) is 1. The minimum atomic E-state index is -0.891. The summed E-state index contributed by atoms with van der Waals surface area (Å²) in [4.78, 5) is 23.3. The molecule has 0 unspecified atom stereocenters. The zero-order valence-corrected chi connectivity index (χ0v) is 11.7. The van der Waals surface area contributed by atoms with E-state index in [-0.39, 0.29) is 12.6 Å². The summed E-state index contributed by atoms with van der Waals surface area (Å²) in [5.74, 6) is -0.862. The molecule has 3 N–H and O–H groups in total. The van der Waals surface area contributed by atoms with Gasteiger partial charge in [0.25, 0.3) is 0 Å². The van der Waals surface area contributed by atoms with Gasteiger partial charge in [-0.3, -0.25) is 10.2 Å². The number of urea groups is 1. The predicted molar refractivity (Wildman–Crippen MR) is 72.1 cm³/mol. The molecule has 7 heteroatoms. The second-order valence-electron chi connectivity index (χ2n) is 5.54. The van der Waals surface area contributed by atoms with E-state index < -0.39 is 11.4 Å². The van der Waals surface area contributed by atoms with Crippen LogP contribution in [0.2, 0.25) is 0 Å². The molecule has 0 saturated carbocycles. The number of hydrogen-bond acceptors (Lipinski definition) is 4. The highest BCUT2D eigenvalue weighted by Crippen LogP contribution is 2.30. The Balaban J connectivity index is 1.79. The average Bonchev–Trinajstić information content (AvgIpc) is 2.47. The fourth-order valence-corrected chi connectivity index (χ4v) is 2.67. The maximum Gasteiger partial charge on any atom is 0.329 e. The molecule has 2 aliphatic heterocycles. The Kier molecular flexibility index (Phi) is 5.19. The van der Waals surface area contributed by atoms with Gasteiger partial charge in [-0.2, -0.15) is 0 Å². The van der Waals surface area contributed by atoms with Crippen LogP contribution in [0, 0.1) is 5.41 Å². The minimum absolute atomic E-state index is 0.144. The first-order valence-electron chi connectivity index (χ1n) is 7.23. The maximum atomic E-state index is 11.8. The van der Waals surface area contributed by atoms with Crippen molar-refractivity contribution in [1.82, 2.24) is 15.8 Å². The predicted octanol–water partition coefficient (Wildman–Crippen LogP) is 0.568. The smallest absolute Gasteiger partial charge is 0.329 e. The van der Waals surface area contributed by atoms with Crippen LogP contribution in [-0.4, -0.2) is 55.0 Å². The van der Waals surface area contributed by atoms with Gasteiger partial charge in [-0.05, 0) is 25.7 Å². The van der Waals surface area contributed by atoms with Gasteiger partial charge in [-0.15, -0.1) is 0 Å². The number of rotatable bonds is 4. The van der Waals surface area contributed by atoms with E-state index in [1.54, 1.807) is 0 Å². The van der Waals surface area contributed by atoms with Gasteiger partial charge < -0.3 is 15.2 Å². The van der Waals surface area contributed by atoms with Crippen LogP contribution >= 0.6 is 0 Å². The fourth-order valence-electron chi connectivity index (χ4n) is 2.67. The van der Waals surface area contributed by atoms with Crippen LogP contribution in [0.5, 0.6) is 0 Å². The minimum Gasteiger partial charge on any atom is -0.481 e. The second kappa shape index (κ2) is 6.90. The van der Waals surface area contributed by atoms with Crippen molar-refractivity contribution >= 4 is 12.0 Å². The quantitative estimate of drug-likeness (QED) is 0.702. The molecule has 2 aliphatic rings.